The van der Waals surface area contributed by atoms with Gasteiger partial charge in [0.15, 0.2) is 0 Å². The Bertz CT molecular complexity index is 699. The number of halogens is 3. The van der Waals surface area contributed by atoms with Crippen molar-refractivity contribution >= 4 is 6.08 Å². The first-order valence-electron chi connectivity index (χ1n) is 8.14. The Balaban J connectivity index is 2.37. The molecule has 0 N–H and O–H groups in total. The molecule has 2 rings (SSSR count). The molecule has 0 amide bonds. The molecule has 0 aliphatic carbocycles. The maximum Gasteiger partial charge on any atom is 0.399 e. The number of alkyl halides is 3. The van der Waals surface area contributed by atoms with Crippen molar-refractivity contribution in [3.63, 3.8) is 0 Å². The summed E-state index contributed by atoms with van der Waals surface area (Å²) in [5, 5.41) is 0. The third-order valence-corrected chi connectivity index (χ3v) is 4.53. The zero-order valence-corrected chi connectivity index (χ0v) is 14.5. The van der Waals surface area contributed by atoms with E-state index < -0.39 is 12.1 Å². The van der Waals surface area contributed by atoms with Gasteiger partial charge >= 0.3 is 6.18 Å². The van der Waals surface area contributed by atoms with E-state index in [-0.39, 0.29) is 0 Å². The van der Waals surface area contributed by atoms with Crippen molar-refractivity contribution in [2.24, 2.45) is 0 Å². The standard InChI is InChI=1S/C21H23F3/c1-5-17-6-8-18(9-7-17)10-11-20(21(22,23)24)19-12-14(2)16(4)15(3)13-19/h6-13,20H,5H2,1-4H3/b11-10-. The van der Waals surface area contributed by atoms with Crippen LogP contribution in [0.4, 0.5) is 13.2 Å². The first-order valence-corrected chi connectivity index (χ1v) is 8.14. The van der Waals surface area contributed by atoms with Gasteiger partial charge in [0, 0.05) is 0 Å². The van der Waals surface area contributed by atoms with Crippen LogP contribution in [0.3, 0.4) is 0 Å². The van der Waals surface area contributed by atoms with E-state index in [2.05, 4.69) is 0 Å². The Morgan fingerprint density at radius 1 is 0.958 bits per heavy atom. The molecule has 0 spiro atoms. The lowest BCUT2D eigenvalue weighted by Crippen LogP contribution is -2.19. The molecular weight excluding hydrogens is 309 g/mol. The Kier molecular flexibility index (Phi) is 5.53. The molecule has 0 nitrogen and oxygen atoms in total. The molecule has 0 bridgehead atoms. The summed E-state index contributed by atoms with van der Waals surface area (Å²) in [6, 6.07) is 10.9. The van der Waals surface area contributed by atoms with Gasteiger partial charge in [0.05, 0.1) is 5.92 Å². The first-order chi connectivity index (χ1) is 11.2. The molecule has 0 saturated carbocycles. The second-order valence-electron chi connectivity index (χ2n) is 6.25. The highest BCUT2D eigenvalue weighted by Gasteiger charge is 2.39. The van der Waals surface area contributed by atoms with E-state index in [1.165, 1.54) is 11.6 Å². The molecule has 24 heavy (non-hydrogen) atoms. The van der Waals surface area contributed by atoms with Gasteiger partial charge in [-0.2, -0.15) is 13.2 Å². The second kappa shape index (κ2) is 7.25. The van der Waals surface area contributed by atoms with Crippen LogP contribution >= 0.6 is 0 Å². The maximum atomic E-state index is 13.5. The van der Waals surface area contributed by atoms with Crippen molar-refractivity contribution in [3.05, 3.63) is 75.9 Å². The fourth-order valence-electron chi connectivity index (χ4n) is 2.73. The van der Waals surface area contributed by atoms with Crippen LogP contribution in [0.15, 0.2) is 42.5 Å². The summed E-state index contributed by atoms with van der Waals surface area (Å²) < 4.78 is 40.6. The van der Waals surface area contributed by atoms with Crippen LogP contribution in [0.2, 0.25) is 0 Å². The van der Waals surface area contributed by atoms with Crippen molar-refractivity contribution in [2.45, 2.75) is 46.2 Å². The van der Waals surface area contributed by atoms with E-state index in [0.717, 1.165) is 28.7 Å². The van der Waals surface area contributed by atoms with E-state index in [1.807, 2.05) is 52.0 Å². The molecule has 2 aromatic rings. The van der Waals surface area contributed by atoms with Crippen molar-refractivity contribution < 1.29 is 13.2 Å². The van der Waals surface area contributed by atoms with Crippen LogP contribution in [-0.4, -0.2) is 6.18 Å². The fraction of sp³-hybridized carbons (Fsp3) is 0.333. The monoisotopic (exact) mass is 332 g/mol. The summed E-state index contributed by atoms with van der Waals surface area (Å²) in [5.74, 6) is -1.60. The minimum atomic E-state index is -4.31. The Labute approximate surface area is 142 Å². The number of allylic oxidation sites excluding steroid dienone is 1. The van der Waals surface area contributed by atoms with Crippen molar-refractivity contribution in [3.8, 4) is 0 Å². The highest BCUT2D eigenvalue weighted by atomic mass is 19.4. The Hall–Kier alpha value is -2.03. The number of aryl methyl sites for hydroxylation is 3. The minimum absolute atomic E-state index is 0.296. The van der Waals surface area contributed by atoms with Gasteiger partial charge in [-0.15, -0.1) is 0 Å². The van der Waals surface area contributed by atoms with Crippen LogP contribution in [0.25, 0.3) is 6.08 Å². The van der Waals surface area contributed by atoms with Gasteiger partial charge in [-0.1, -0.05) is 55.5 Å². The molecule has 0 radical (unpaired) electrons. The molecule has 0 saturated heterocycles. The van der Waals surface area contributed by atoms with Crippen molar-refractivity contribution in [2.75, 3.05) is 0 Å². The number of benzene rings is 2. The summed E-state index contributed by atoms with van der Waals surface area (Å²) >= 11 is 0. The smallest absolute Gasteiger partial charge is 0.170 e. The zero-order valence-electron chi connectivity index (χ0n) is 14.5. The number of hydrogen-bond acceptors (Lipinski definition) is 0. The average molecular weight is 332 g/mol. The largest absolute Gasteiger partial charge is 0.399 e. The maximum absolute atomic E-state index is 13.5. The molecule has 3 heteroatoms. The van der Waals surface area contributed by atoms with Gasteiger partial charge in [0.25, 0.3) is 0 Å². The summed E-state index contributed by atoms with van der Waals surface area (Å²) in [5.41, 5.74) is 5.06. The first kappa shape index (κ1) is 18.3. The third-order valence-electron chi connectivity index (χ3n) is 4.53. The third kappa shape index (κ3) is 4.28. The molecule has 0 aliphatic heterocycles. The topological polar surface area (TPSA) is 0 Å². The van der Waals surface area contributed by atoms with Crippen molar-refractivity contribution in [1.29, 1.82) is 0 Å². The highest BCUT2D eigenvalue weighted by molar-refractivity contribution is 5.52. The summed E-state index contributed by atoms with van der Waals surface area (Å²) in [6.45, 7) is 7.69. The van der Waals surface area contributed by atoms with Gasteiger partial charge in [-0.3, -0.25) is 0 Å². The van der Waals surface area contributed by atoms with Crippen LogP contribution in [0, 0.1) is 20.8 Å². The summed E-state index contributed by atoms with van der Waals surface area (Å²) in [4.78, 5) is 0. The van der Waals surface area contributed by atoms with Crippen LogP contribution in [0.1, 0.15) is 46.2 Å². The quantitative estimate of drug-likeness (QED) is 0.597. The SMILES string of the molecule is CCc1ccc(/C=C\C(c2cc(C)c(C)c(C)c2)C(F)(F)F)cc1. The lowest BCUT2D eigenvalue weighted by atomic mass is 9.91. The lowest BCUT2D eigenvalue weighted by Gasteiger charge is -2.19. The molecule has 1 unspecified atom stereocenters. The average Bonchev–Trinajstić information content (AvgIpc) is 2.52. The Morgan fingerprint density at radius 3 is 1.96 bits per heavy atom. The molecule has 0 fully saturated rings. The number of hydrogen-bond donors (Lipinski definition) is 0. The zero-order chi connectivity index (χ0) is 17.9. The predicted octanol–water partition coefficient (Wildman–Crippen LogP) is 6.53. The van der Waals surface area contributed by atoms with Gasteiger partial charge in [0.2, 0.25) is 0 Å². The van der Waals surface area contributed by atoms with E-state index in [0.29, 0.717) is 5.56 Å². The van der Waals surface area contributed by atoms with Gasteiger partial charge < -0.3 is 0 Å². The van der Waals surface area contributed by atoms with E-state index in [9.17, 15) is 13.2 Å². The highest BCUT2D eigenvalue weighted by Crippen LogP contribution is 2.37. The molecule has 1 atom stereocenters. The molecule has 0 aliphatic rings. The Morgan fingerprint density at radius 2 is 1.50 bits per heavy atom. The van der Waals surface area contributed by atoms with E-state index in [1.54, 1.807) is 18.2 Å². The van der Waals surface area contributed by atoms with E-state index in [4.69, 9.17) is 0 Å². The normalized spacial score (nSPS) is 13.5. The van der Waals surface area contributed by atoms with Crippen LogP contribution in [0.5, 0.6) is 0 Å². The summed E-state index contributed by atoms with van der Waals surface area (Å²) in [6.07, 6.45) is -0.586. The molecular formula is C21H23F3. The van der Waals surface area contributed by atoms with Gasteiger partial charge in [-0.25, -0.2) is 0 Å². The van der Waals surface area contributed by atoms with E-state index >= 15 is 0 Å². The minimum Gasteiger partial charge on any atom is -0.170 e. The number of rotatable bonds is 4. The fourth-order valence-corrected chi connectivity index (χ4v) is 2.73. The van der Waals surface area contributed by atoms with Gasteiger partial charge in [-0.05, 0) is 60.6 Å². The molecule has 2 aromatic carbocycles. The van der Waals surface area contributed by atoms with Gasteiger partial charge in [0.1, 0.15) is 0 Å². The predicted molar refractivity (Wildman–Crippen MR) is 94.3 cm³/mol. The molecule has 0 heterocycles. The molecule has 128 valence electrons. The second-order valence-corrected chi connectivity index (χ2v) is 6.25. The van der Waals surface area contributed by atoms with Crippen molar-refractivity contribution in [1.82, 2.24) is 0 Å². The van der Waals surface area contributed by atoms with Crippen LogP contribution in [-0.2, 0) is 6.42 Å². The summed E-state index contributed by atoms with van der Waals surface area (Å²) in [7, 11) is 0. The molecule has 0 aromatic heterocycles. The van der Waals surface area contributed by atoms with Crippen LogP contribution < -0.4 is 0 Å². The lowest BCUT2D eigenvalue weighted by molar-refractivity contribution is -0.139.